The van der Waals surface area contributed by atoms with Crippen molar-refractivity contribution in [1.29, 1.82) is 0 Å². The van der Waals surface area contributed by atoms with Crippen molar-refractivity contribution < 1.29 is 14.3 Å². The molecule has 2 fully saturated rings. The molecule has 30 heavy (non-hydrogen) atoms. The van der Waals surface area contributed by atoms with Gasteiger partial charge < -0.3 is 19.7 Å². The highest BCUT2D eigenvalue weighted by Gasteiger charge is 2.40. The summed E-state index contributed by atoms with van der Waals surface area (Å²) in [5, 5.41) is 8.93. The molecule has 0 unspecified atom stereocenters. The lowest BCUT2D eigenvalue weighted by Crippen LogP contribution is -2.50. The molecule has 1 N–H and O–H groups in total. The lowest BCUT2D eigenvalue weighted by Gasteiger charge is -2.34. The Balaban J connectivity index is 1.64. The molecule has 3 heterocycles. The van der Waals surface area contributed by atoms with Crippen LogP contribution in [0.4, 0.5) is 0 Å². The molecule has 2 atom stereocenters. The van der Waals surface area contributed by atoms with Crippen LogP contribution < -0.4 is 5.32 Å². The second-order valence-electron chi connectivity index (χ2n) is 8.23. The molecule has 1 aliphatic carbocycles. The Kier molecular flexibility index (Phi) is 6.65. The molecule has 2 aromatic rings. The van der Waals surface area contributed by atoms with Gasteiger partial charge in [-0.05, 0) is 44.2 Å². The molecule has 0 radical (unpaired) electrons. The van der Waals surface area contributed by atoms with Crippen molar-refractivity contribution in [2.75, 3.05) is 33.4 Å². The van der Waals surface area contributed by atoms with E-state index in [-0.39, 0.29) is 18.0 Å². The predicted octanol–water partition coefficient (Wildman–Crippen LogP) is 2.07. The number of ether oxygens (including phenoxy) is 2. The summed E-state index contributed by atoms with van der Waals surface area (Å²) in [4.78, 5) is 20.3. The summed E-state index contributed by atoms with van der Waals surface area (Å²) >= 11 is 0. The lowest BCUT2D eigenvalue weighted by molar-refractivity contribution is -0.148. The minimum atomic E-state index is -0.407. The molecule has 0 aromatic carbocycles. The van der Waals surface area contributed by atoms with Crippen LogP contribution >= 0.6 is 0 Å². The Morgan fingerprint density at radius 1 is 1.47 bits per heavy atom. The summed E-state index contributed by atoms with van der Waals surface area (Å²) in [6.07, 6.45) is 5.39. The van der Waals surface area contributed by atoms with Crippen LogP contribution in [0.3, 0.4) is 0 Å². The van der Waals surface area contributed by atoms with E-state index in [0.29, 0.717) is 19.8 Å². The number of morpholine rings is 1. The summed E-state index contributed by atoms with van der Waals surface area (Å²) in [6, 6.07) is 2.33. The van der Waals surface area contributed by atoms with E-state index in [4.69, 9.17) is 14.5 Å². The Morgan fingerprint density at radius 2 is 2.30 bits per heavy atom. The number of nitrogens with one attached hydrogen (secondary N) is 1. The van der Waals surface area contributed by atoms with Gasteiger partial charge >= 0.3 is 0 Å². The maximum absolute atomic E-state index is 13.3. The number of fused-ring (bicyclic) bond motifs is 1. The molecule has 0 spiro atoms. The van der Waals surface area contributed by atoms with E-state index in [1.807, 2.05) is 15.8 Å². The standard InChI is InChI=1S/C22H33N5O3/c1-4-16-12-19(25-21-18(16)13-24-26(21)9-5-10-29-3)15(2)27(17-6-7-17)22(28)20-14-23-8-11-30-20/h12-13,15,17,20,23H,4-11,14H2,1-3H3/t15-,20-/m1/s1. The molecule has 1 amide bonds. The SMILES string of the molecule is CCc1cc([C@@H](C)N(C(=O)[C@H]2CNCCO2)C2CC2)nc2c1cnn2CCCOC. The second-order valence-corrected chi connectivity index (χ2v) is 8.23. The van der Waals surface area contributed by atoms with Gasteiger partial charge in [0.1, 0.15) is 6.10 Å². The highest BCUT2D eigenvalue weighted by Crippen LogP contribution is 2.36. The van der Waals surface area contributed by atoms with Crippen LogP contribution in [-0.4, -0.2) is 71.1 Å². The average Bonchev–Trinajstić information content (AvgIpc) is 3.53. The molecule has 1 saturated carbocycles. The van der Waals surface area contributed by atoms with E-state index in [9.17, 15) is 4.79 Å². The van der Waals surface area contributed by atoms with Crippen LogP contribution in [0.15, 0.2) is 12.3 Å². The number of pyridine rings is 1. The van der Waals surface area contributed by atoms with Gasteiger partial charge in [-0.15, -0.1) is 0 Å². The minimum Gasteiger partial charge on any atom is -0.385 e. The van der Waals surface area contributed by atoms with Crippen LogP contribution in [0.2, 0.25) is 0 Å². The maximum atomic E-state index is 13.3. The van der Waals surface area contributed by atoms with E-state index in [2.05, 4.69) is 30.3 Å². The molecule has 2 aromatic heterocycles. The minimum absolute atomic E-state index is 0.0748. The van der Waals surface area contributed by atoms with Crippen molar-refractivity contribution >= 4 is 16.9 Å². The molecule has 164 valence electrons. The van der Waals surface area contributed by atoms with Gasteiger partial charge in [0.2, 0.25) is 0 Å². The summed E-state index contributed by atoms with van der Waals surface area (Å²) < 4.78 is 12.9. The Bertz CT molecular complexity index is 873. The van der Waals surface area contributed by atoms with Gasteiger partial charge in [-0.1, -0.05) is 6.92 Å². The van der Waals surface area contributed by atoms with Crippen LogP contribution in [0, 0.1) is 0 Å². The fourth-order valence-corrected chi connectivity index (χ4v) is 4.24. The maximum Gasteiger partial charge on any atom is 0.253 e. The topological polar surface area (TPSA) is 81.5 Å². The highest BCUT2D eigenvalue weighted by atomic mass is 16.5. The third kappa shape index (κ3) is 4.36. The number of carbonyl (C=O) groups excluding carboxylic acids is 1. The Hall–Kier alpha value is -2.03. The smallest absolute Gasteiger partial charge is 0.253 e. The van der Waals surface area contributed by atoms with Gasteiger partial charge in [0.25, 0.3) is 5.91 Å². The molecule has 0 bridgehead atoms. The van der Waals surface area contributed by atoms with Crippen molar-refractivity contribution in [1.82, 2.24) is 25.0 Å². The fraction of sp³-hybridized carbons (Fsp3) is 0.682. The number of hydrogen-bond donors (Lipinski definition) is 1. The summed E-state index contributed by atoms with van der Waals surface area (Å²) in [6.45, 7) is 7.65. The van der Waals surface area contributed by atoms with Crippen molar-refractivity contribution in [2.24, 2.45) is 0 Å². The van der Waals surface area contributed by atoms with Gasteiger partial charge in [0.15, 0.2) is 5.65 Å². The van der Waals surface area contributed by atoms with E-state index in [1.54, 1.807) is 7.11 Å². The molecular weight excluding hydrogens is 382 g/mol. The van der Waals surface area contributed by atoms with Gasteiger partial charge in [-0.2, -0.15) is 5.10 Å². The summed E-state index contributed by atoms with van der Waals surface area (Å²) in [7, 11) is 1.71. The quantitative estimate of drug-likeness (QED) is 0.632. The number of hydrogen-bond acceptors (Lipinski definition) is 6. The third-order valence-electron chi connectivity index (χ3n) is 6.06. The van der Waals surface area contributed by atoms with Crippen molar-refractivity contribution in [3.05, 3.63) is 23.5 Å². The number of rotatable bonds is 9. The van der Waals surface area contributed by atoms with E-state index >= 15 is 0 Å². The monoisotopic (exact) mass is 415 g/mol. The number of aryl methyl sites for hydroxylation is 2. The number of amides is 1. The first kappa shape index (κ1) is 21.2. The number of aromatic nitrogens is 3. The van der Waals surface area contributed by atoms with Crippen LogP contribution in [0.1, 0.15) is 50.4 Å². The first-order valence-corrected chi connectivity index (χ1v) is 11.1. The summed E-state index contributed by atoms with van der Waals surface area (Å²) in [5.41, 5.74) is 3.04. The molecular formula is C22H33N5O3. The lowest BCUT2D eigenvalue weighted by atomic mass is 10.0. The number of carbonyl (C=O) groups is 1. The van der Waals surface area contributed by atoms with Gasteiger partial charge in [-0.25, -0.2) is 9.67 Å². The molecule has 8 nitrogen and oxygen atoms in total. The molecule has 2 aliphatic rings. The fourth-order valence-electron chi connectivity index (χ4n) is 4.24. The molecule has 8 heteroatoms. The molecule has 4 rings (SSSR count). The molecule has 1 aliphatic heterocycles. The van der Waals surface area contributed by atoms with Gasteiger partial charge in [-0.3, -0.25) is 4.79 Å². The zero-order valence-corrected chi connectivity index (χ0v) is 18.3. The van der Waals surface area contributed by atoms with E-state index < -0.39 is 6.10 Å². The largest absolute Gasteiger partial charge is 0.385 e. The van der Waals surface area contributed by atoms with E-state index in [1.165, 1.54) is 5.56 Å². The van der Waals surface area contributed by atoms with Gasteiger partial charge in [0.05, 0.1) is 24.5 Å². The van der Waals surface area contributed by atoms with Crippen molar-refractivity contribution in [2.45, 2.75) is 64.3 Å². The first-order chi connectivity index (χ1) is 14.6. The van der Waals surface area contributed by atoms with Crippen molar-refractivity contribution in [3.8, 4) is 0 Å². The van der Waals surface area contributed by atoms with Crippen LogP contribution in [0.25, 0.3) is 11.0 Å². The van der Waals surface area contributed by atoms with Gasteiger partial charge in [0, 0.05) is 44.8 Å². The van der Waals surface area contributed by atoms with Crippen LogP contribution in [0.5, 0.6) is 0 Å². The zero-order valence-electron chi connectivity index (χ0n) is 18.3. The van der Waals surface area contributed by atoms with Crippen LogP contribution in [-0.2, 0) is 27.2 Å². The Labute approximate surface area is 177 Å². The first-order valence-electron chi connectivity index (χ1n) is 11.1. The number of methoxy groups -OCH3 is 1. The van der Waals surface area contributed by atoms with Crippen molar-refractivity contribution in [3.63, 3.8) is 0 Å². The van der Waals surface area contributed by atoms with E-state index in [0.717, 1.165) is 55.5 Å². The Morgan fingerprint density at radius 3 is 2.97 bits per heavy atom. The normalized spacial score (nSPS) is 20.4. The third-order valence-corrected chi connectivity index (χ3v) is 6.06. The molecule has 1 saturated heterocycles. The summed E-state index contributed by atoms with van der Waals surface area (Å²) in [5.74, 6) is 0.0748. The average molecular weight is 416 g/mol. The highest BCUT2D eigenvalue weighted by molar-refractivity contribution is 5.83. The zero-order chi connectivity index (χ0) is 21.1. The second kappa shape index (κ2) is 9.41. The number of nitrogens with zero attached hydrogens (tertiary/aromatic N) is 4. The predicted molar refractivity (Wildman–Crippen MR) is 114 cm³/mol.